The van der Waals surface area contributed by atoms with Crippen molar-refractivity contribution in [1.82, 2.24) is 35.8 Å². The normalized spacial score (nSPS) is 13.4. The number of fused-ring (bicyclic) bond motifs is 1. The predicted molar refractivity (Wildman–Crippen MR) is 158 cm³/mol. The number of carbonyl (C=O) groups excluding carboxylic acids is 2. The van der Waals surface area contributed by atoms with E-state index in [1.807, 2.05) is 54.3 Å². The van der Waals surface area contributed by atoms with E-state index >= 15 is 0 Å². The quantitative estimate of drug-likeness (QED) is 0.196. The van der Waals surface area contributed by atoms with Crippen molar-refractivity contribution in [3.63, 3.8) is 0 Å². The Morgan fingerprint density at radius 2 is 1.77 bits per heavy atom. The number of nitrogens with two attached hydrogens (primary N) is 1. The number of nitrogens with zero attached hydrogens (tertiary/aromatic N) is 5. The van der Waals surface area contributed by atoms with Gasteiger partial charge in [-0.3, -0.25) is 19.2 Å². The summed E-state index contributed by atoms with van der Waals surface area (Å²) in [6, 6.07) is 14.5. The molecule has 1 aliphatic heterocycles. The fraction of sp³-hybridized carbons (Fsp3) is 0.200. The molecule has 3 aromatic carbocycles. The number of aromatic amines is 1. The number of rotatable bonds is 8. The van der Waals surface area contributed by atoms with Crippen LogP contribution in [0.1, 0.15) is 56.2 Å². The molecule has 0 saturated carbocycles. The summed E-state index contributed by atoms with van der Waals surface area (Å²) in [5.74, 6) is -0.245. The standard InChI is InChI=1S/C30H27N9O4/c1-16(18-4-6-20(7-5-18)28-35-15-36-38-28)37-30(43)23-11-22(33-14-34-23)29(42)32-12-17-2-3-19-8-9-39(13-21(19)10-17)25-24(31)26(40)27(25)41/h2-7,10-11,14-16H,8-9,12-13,31H2,1H3,(H,32,42)(H,37,43)(H,35,36,38)/t16-/m0/s1. The molecule has 1 aliphatic rings. The molecule has 5 N–H and O–H groups in total. The molecule has 0 bridgehead atoms. The van der Waals surface area contributed by atoms with Crippen molar-refractivity contribution in [2.45, 2.75) is 32.5 Å². The number of carbonyl (C=O) groups is 2. The van der Waals surface area contributed by atoms with Crippen LogP contribution in [-0.2, 0) is 19.5 Å². The average Bonchev–Trinajstić information content (AvgIpc) is 3.59. The van der Waals surface area contributed by atoms with Crippen LogP contribution in [-0.4, -0.2) is 43.5 Å². The van der Waals surface area contributed by atoms with E-state index in [-0.39, 0.29) is 35.3 Å². The largest absolute Gasteiger partial charge is 0.394 e. The van der Waals surface area contributed by atoms with Crippen LogP contribution in [0.4, 0.5) is 11.4 Å². The van der Waals surface area contributed by atoms with Crippen molar-refractivity contribution in [2.75, 3.05) is 17.2 Å². The Kier molecular flexibility index (Phi) is 7.20. The maximum Gasteiger partial charge on any atom is 0.270 e. The molecule has 0 saturated heterocycles. The molecule has 0 radical (unpaired) electrons. The Balaban J connectivity index is 1.06. The summed E-state index contributed by atoms with van der Waals surface area (Å²) in [4.78, 5) is 62.2. The number of H-pyrrole nitrogens is 1. The van der Waals surface area contributed by atoms with Crippen LogP contribution in [0.25, 0.3) is 11.4 Å². The lowest BCUT2D eigenvalue weighted by molar-refractivity contribution is 0.0934. The van der Waals surface area contributed by atoms with Gasteiger partial charge in [-0.2, -0.15) is 0 Å². The second-order valence-corrected chi connectivity index (χ2v) is 10.3. The van der Waals surface area contributed by atoms with E-state index in [1.54, 1.807) is 0 Å². The van der Waals surface area contributed by atoms with Crippen LogP contribution in [0.3, 0.4) is 0 Å². The molecular formula is C30H27N9O4. The smallest absolute Gasteiger partial charge is 0.270 e. The highest BCUT2D eigenvalue weighted by Crippen LogP contribution is 2.26. The zero-order valence-electron chi connectivity index (χ0n) is 23.1. The first-order valence-corrected chi connectivity index (χ1v) is 13.6. The number of aromatic nitrogens is 5. The number of nitrogen functional groups attached to an aromatic ring is 1. The predicted octanol–water partition coefficient (Wildman–Crippen LogP) is 1.42. The minimum Gasteiger partial charge on any atom is -0.394 e. The van der Waals surface area contributed by atoms with E-state index in [9.17, 15) is 19.2 Å². The molecule has 2 amide bonds. The zero-order valence-corrected chi connectivity index (χ0v) is 23.1. The number of hydrogen-bond acceptors (Lipinski definition) is 10. The lowest BCUT2D eigenvalue weighted by atomic mass is 9.96. The van der Waals surface area contributed by atoms with Crippen molar-refractivity contribution in [2.24, 2.45) is 0 Å². The molecule has 43 heavy (non-hydrogen) atoms. The Bertz CT molecular complexity index is 1890. The molecule has 216 valence electrons. The fourth-order valence-electron chi connectivity index (χ4n) is 5.13. The first-order chi connectivity index (χ1) is 20.8. The monoisotopic (exact) mass is 577 g/mol. The number of anilines is 2. The third kappa shape index (κ3) is 5.47. The van der Waals surface area contributed by atoms with Crippen LogP contribution in [0.5, 0.6) is 0 Å². The second-order valence-electron chi connectivity index (χ2n) is 10.3. The molecule has 3 heterocycles. The lowest BCUT2D eigenvalue weighted by Gasteiger charge is -2.32. The van der Waals surface area contributed by atoms with Gasteiger partial charge in [-0.25, -0.2) is 9.97 Å². The summed E-state index contributed by atoms with van der Waals surface area (Å²) < 4.78 is 0. The van der Waals surface area contributed by atoms with Gasteiger partial charge >= 0.3 is 0 Å². The second kappa shape index (κ2) is 11.3. The molecule has 1 atom stereocenters. The minimum absolute atomic E-state index is 0.0157. The third-order valence-corrected chi connectivity index (χ3v) is 7.55. The summed E-state index contributed by atoms with van der Waals surface area (Å²) in [6.07, 6.45) is 3.39. The summed E-state index contributed by atoms with van der Waals surface area (Å²) in [7, 11) is 0. The maximum atomic E-state index is 12.9. The van der Waals surface area contributed by atoms with E-state index in [0.717, 1.165) is 27.8 Å². The van der Waals surface area contributed by atoms with Gasteiger partial charge in [-0.1, -0.05) is 42.5 Å². The summed E-state index contributed by atoms with van der Waals surface area (Å²) >= 11 is 0. The number of benzene rings is 2. The molecular weight excluding hydrogens is 550 g/mol. The van der Waals surface area contributed by atoms with Gasteiger partial charge in [0.2, 0.25) is 0 Å². The summed E-state index contributed by atoms with van der Waals surface area (Å²) in [5, 5.41) is 13.5. The lowest BCUT2D eigenvalue weighted by Crippen LogP contribution is -2.44. The van der Waals surface area contributed by atoms with Gasteiger partial charge in [0.15, 0.2) is 5.82 Å². The van der Waals surface area contributed by atoms with E-state index < -0.39 is 22.7 Å². The van der Waals surface area contributed by atoms with Crippen molar-refractivity contribution in [3.8, 4) is 11.4 Å². The average molecular weight is 578 g/mol. The number of amides is 2. The van der Waals surface area contributed by atoms with Crippen molar-refractivity contribution in [1.29, 1.82) is 0 Å². The van der Waals surface area contributed by atoms with Crippen LogP contribution in [0, 0.1) is 0 Å². The molecule has 13 heteroatoms. The van der Waals surface area contributed by atoms with Crippen molar-refractivity contribution in [3.05, 3.63) is 115 Å². The first-order valence-electron chi connectivity index (χ1n) is 13.6. The molecule has 0 fully saturated rings. The molecule has 0 unspecified atom stereocenters. The Morgan fingerprint density at radius 1 is 1.00 bits per heavy atom. The number of hydrogen-bond donors (Lipinski definition) is 4. The molecule has 5 aromatic rings. The number of nitrogens with one attached hydrogen (secondary N) is 3. The van der Waals surface area contributed by atoms with Crippen LogP contribution >= 0.6 is 0 Å². The van der Waals surface area contributed by atoms with Gasteiger partial charge in [0.25, 0.3) is 22.7 Å². The van der Waals surface area contributed by atoms with E-state index in [2.05, 4.69) is 35.8 Å². The molecule has 2 aromatic heterocycles. The maximum absolute atomic E-state index is 12.9. The Labute approximate surface area is 244 Å². The van der Waals surface area contributed by atoms with Gasteiger partial charge in [0.1, 0.15) is 35.4 Å². The van der Waals surface area contributed by atoms with Gasteiger partial charge in [-0.05, 0) is 35.6 Å². The first kappa shape index (κ1) is 27.4. The van der Waals surface area contributed by atoms with Gasteiger partial charge < -0.3 is 26.3 Å². The van der Waals surface area contributed by atoms with E-state index in [0.29, 0.717) is 25.3 Å². The van der Waals surface area contributed by atoms with Gasteiger partial charge in [0.05, 0.1) is 6.04 Å². The molecule has 0 spiro atoms. The fourth-order valence-corrected chi connectivity index (χ4v) is 5.13. The summed E-state index contributed by atoms with van der Waals surface area (Å²) in [5.41, 5.74) is 9.73. The van der Waals surface area contributed by atoms with Crippen LogP contribution in [0.15, 0.2) is 70.8 Å². The van der Waals surface area contributed by atoms with Crippen LogP contribution in [0.2, 0.25) is 0 Å². The van der Waals surface area contributed by atoms with Crippen LogP contribution < -0.4 is 32.1 Å². The molecule has 0 aliphatic carbocycles. The van der Waals surface area contributed by atoms with E-state index in [1.165, 1.54) is 18.7 Å². The Hall–Kier alpha value is -5.72. The Morgan fingerprint density at radius 3 is 2.49 bits per heavy atom. The highest BCUT2D eigenvalue weighted by atomic mass is 16.2. The zero-order chi connectivity index (χ0) is 30.1. The molecule has 6 rings (SSSR count). The van der Waals surface area contributed by atoms with Gasteiger partial charge in [0, 0.05) is 31.3 Å². The highest BCUT2D eigenvalue weighted by Gasteiger charge is 2.27. The topological polar surface area (TPSA) is 189 Å². The minimum atomic E-state index is -0.633. The van der Waals surface area contributed by atoms with Crippen molar-refractivity contribution < 1.29 is 9.59 Å². The highest BCUT2D eigenvalue weighted by molar-refractivity contribution is 5.97. The van der Waals surface area contributed by atoms with E-state index in [4.69, 9.17) is 5.73 Å². The van der Waals surface area contributed by atoms with Gasteiger partial charge in [-0.15, -0.1) is 10.2 Å². The third-order valence-electron chi connectivity index (χ3n) is 7.55. The van der Waals surface area contributed by atoms with Crippen molar-refractivity contribution >= 4 is 23.2 Å². The summed E-state index contributed by atoms with van der Waals surface area (Å²) in [6.45, 7) is 3.11. The SMILES string of the molecule is C[C@H](NC(=O)c1cc(C(=O)NCc2ccc3c(c2)CN(c2c(N)c(=O)c2=O)CC3)ncn1)c1ccc(-c2nnc[nH]2)cc1. The molecule has 13 nitrogen and oxygen atoms in total.